The molecule has 1 fully saturated rings. The summed E-state index contributed by atoms with van der Waals surface area (Å²) in [7, 11) is 1.00. The summed E-state index contributed by atoms with van der Waals surface area (Å²) in [6.07, 6.45) is 6.82. The van der Waals surface area contributed by atoms with Crippen molar-refractivity contribution >= 4 is 40.3 Å². The maximum absolute atomic E-state index is 13.0. The van der Waals surface area contributed by atoms with Gasteiger partial charge in [-0.1, -0.05) is 24.3 Å². The number of amides is 1. The Hall–Kier alpha value is -3.63. The van der Waals surface area contributed by atoms with Gasteiger partial charge in [0.2, 0.25) is 5.91 Å². The van der Waals surface area contributed by atoms with Crippen molar-refractivity contribution in [2.24, 2.45) is 0 Å². The standard InChI is InChI=1S/C24H24ClFN4O4.CH4O/c1-3-20(32)28-8-9-29(15(2)14-28)23-18-13-19(25)17(12-16(31)6-4-5-7-26)22-21(18)30(10-11-34-22)24(33)27-23;1-2/h3-7,12-13,15,31H,1,8-11,14H2,2H3;2H,1H3/b6-4-,7-5+,16-12-;. The van der Waals surface area contributed by atoms with Gasteiger partial charge in [-0.2, -0.15) is 4.98 Å². The van der Waals surface area contributed by atoms with Crippen LogP contribution in [0.4, 0.5) is 10.2 Å². The highest BCUT2D eigenvalue weighted by Crippen LogP contribution is 2.41. The largest absolute Gasteiger partial charge is 0.508 e. The Morgan fingerprint density at radius 3 is 2.72 bits per heavy atom. The van der Waals surface area contributed by atoms with Crippen LogP contribution in [0, 0.1) is 0 Å². The summed E-state index contributed by atoms with van der Waals surface area (Å²) in [5, 5.41) is 18.2. The molecule has 0 saturated carbocycles. The van der Waals surface area contributed by atoms with Crippen molar-refractivity contribution in [2.75, 3.05) is 38.3 Å². The lowest BCUT2D eigenvalue weighted by Gasteiger charge is -2.40. The van der Waals surface area contributed by atoms with E-state index in [-0.39, 0.29) is 24.3 Å². The molecule has 1 atom stereocenters. The van der Waals surface area contributed by atoms with Crippen molar-refractivity contribution in [1.82, 2.24) is 14.5 Å². The zero-order chi connectivity index (χ0) is 26.4. The molecule has 1 aromatic carbocycles. The van der Waals surface area contributed by atoms with Crippen LogP contribution in [0.1, 0.15) is 12.5 Å². The number of carbonyl (C=O) groups is 1. The molecule has 1 saturated heterocycles. The molecule has 0 bridgehead atoms. The van der Waals surface area contributed by atoms with Crippen molar-refractivity contribution in [1.29, 1.82) is 0 Å². The third-order valence-electron chi connectivity index (χ3n) is 5.88. The molecule has 1 aromatic heterocycles. The fourth-order valence-electron chi connectivity index (χ4n) is 4.32. The molecule has 4 rings (SSSR count). The summed E-state index contributed by atoms with van der Waals surface area (Å²) in [6, 6.07) is 1.60. The summed E-state index contributed by atoms with van der Waals surface area (Å²) < 4.78 is 19.6. The predicted molar refractivity (Wildman–Crippen MR) is 138 cm³/mol. The number of aliphatic hydroxyl groups is 2. The molecule has 2 aromatic rings. The first kappa shape index (κ1) is 27.0. The Morgan fingerprint density at radius 1 is 1.31 bits per heavy atom. The average molecular weight is 519 g/mol. The minimum absolute atomic E-state index is 0.105. The third-order valence-corrected chi connectivity index (χ3v) is 6.19. The van der Waals surface area contributed by atoms with Gasteiger partial charge in [-0.05, 0) is 37.3 Å². The van der Waals surface area contributed by atoms with E-state index in [0.29, 0.717) is 65.6 Å². The van der Waals surface area contributed by atoms with Crippen molar-refractivity contribution in [3.05, 3.63) is 70.1 Å². The molecule has 2 aliphatic heterocycles. The Bertz CT molecular complexity index is 1300. The first-order valence-electron chi connectivity index (χ1n) is 11.2. The molecule has 2 N–H and O–H groups in total. The molecule has 2 aliphatic rings. The number of aromatic nitrogens is 2. The number of allylic oxidation sites excluding steroid dienone is 3. The minimum atomic E-state index is -0.418. The van der Waals surface area contributed by atoms with E-state index in [0.717, 1.165) is 13.2 Å². The van der Waals surface area contributed by atoms with Crippen LogP contribution in [0.5, 0.6) is 5.75 Å². The van der Waals surface area contributed by atoms with Crippen LogP contribution in [0.2, 0.25) is 5.02 Å². The molecule has 0 spiro atoms. The SMILES string of the molecule is C=CC(=O)N1CCN(c2nc(=O)n3c4c(c(/C=C(O)/C=C\C=C\F)c(Cl)cc24)OCC3)C(C)C1.CO. The van der Waals surface area contributed by atoms with E-state index < -0.39 is 5.69 Å². The van der Waals surface area contributed by atoms with Crippen molar-refractivity contribution < 1.29 is 24.1 Å². The summed E-state index contributed by atoms with van der Waals surface area (Å²) in [6.45, 7) is 7.48. The zero-order valence-electron chi connectivity index (χ0n) is 20.0. The van der Waals surface area contributed by atoms with Crippen LogP contribution in [-0.2, 0) is 11.3 Å². The van der Waals surface area contributed by atoms with Gasteiger partial charge in [0.1, 0.15) is 18.2 Å². The Morgan fingerprint density at radius 2 is 2.06 bits per heavy atom. The van der Waals surface area contributed by atoms with E-state index in [1.165, 1.54) is 28.9 Å². The second-order valence-electron chi connectivity index (χ2n) is 7.99. The van der Waals surface area contributed by atoms with Crippen LogP contribution in [0.15, 0.2) is 53.8 Å². The third kappa shape index (κ3) is 5.29. The van der Waals surface area contributed by atoms with E-state index in [1.807, 2.05) is 11.8 Å². The maximum Gasteiger partial charge on any atom is 0.350 e. The Balaban J connectivity index is 0.00000176. The maximum atomic E-state index is 13.0. The number of hydrogen-bond donors (Lipinski definition) is 2. The molecule has 3 heterocycles. The molecule has 0 radical (unpaired) electrons. The first-order valence-corrected chi connectivity index (χ1v) is 11.6. The second kappa shape index (κ2) is 11.9. The highest BCUT2D eigenvalue weighted by atomic mass is 35.5. The number of nitrogens with zero attached hydrogens (tertiary/aromatic N) is 4. The van der Waals surface area contributed by atoms with Crippen LogP contribution < -0.4 is 15.3 Å². The summed E-state index contributed by atoms with van der Waals surface area (Å²) >= 11 is 6.61. The van der Waals surface area contributed by atoms with Gasteiger partial charge in [0.15, 0.2) is 5.75 Å². The normalized spacial score (nSPS) is 17.8. The van der Waals surface area contributed by atoms with Crippen molar-refractivity contribution in [3.63, 3.8) is 0 Å². The molecule has 1 amide bonds. The number of benzene rings is 1. The van der Waals surface area contributed by atoms with Crippen molar-refractivity contribution in [2.45, 2.75) is 19.5 Å². The molecule has 36 heavy (non-hydrogen) atoms. The average Bonchev–Trinajstić information content (AvgIpc) is 2.89. The summed E-state index contributed by atoms with van der Waals surface area (Å²) in [4.78, 5) is 33.1. The van der Waals surface area contributed by atoms with Crippen molar-refractivity contribution in [3.8, 4) is 5.75 Å². The van der Waals surface area contributed by atoms with E-state index >= 15 is 0 Å². The molecule has 9 nitrogen and oxygen atoms in total. The lowest BCUT2D eigenvalue weighted by atomic mass is 10.1. The van der Waals surface area contributed by atoms with E-state index in [4.69, 9.17) is 21.4 Å². The molecule has 192 valence electrons. The zero-order valence-corrected chi connectivity index (χ0v) is 20.8. The summed E-state index contributed by atoms with van der Waals surface area (Å²) in [5.74, 6) is 0.532. The molecule has 1 unspecified atom stereocenters. The van der Waals surface area contributed by atoms with Gasteiger partial charge in [-0.15, -0.1) is 0 Å². The number of halogens is 2. The summed E-state index contributed by atoms with van der Waals surface area (Å²) in [5.41, 5.74) is 0.521. The molecular formula is C25H28ClFN4O5. The highest BCUT2D eigenvalue weighted by Gasteiger charge is 2.31. The van der Waals surface area contributed by atoms with Gasteiger partial charge >= 0.3 is 5.69 Å². The fraction of sp³-hybridized carbons (Fsp3) is 0.320. The van der Waals surface area contributed by atoms with Crippen LogP contribution in [0.25, 0.3) is 17.0 Å². The lowest BCUT2D eigenvalue weighted by molar-refractivity contribution is -0.126. The first-order chi connectivity index (χ1) is 17.3. The van der Waals surface area contributed by atoms with Crippen LogP contribution >= 0.6 is 11.6 Å². The number of ether oxygens (including phenoxy) is 1. The van der Waals surface area contributed by atoms with Gasteiger partial charge in [0.05, 0.1) is 23.4 Å². The number of piperazine rings is 1. The minimum Gasteiger partial charge on any atom is -0.508 e. The molecule has 0 aliphatic carbocycles. The number of aliphatic hydroxyl groups excluding tert-OH is 2. The Labute approximate surface area is 212 Å². The topological polar surface area (TPSA) is 108 Å². The van der Waals surface area contributed by atoms with E-state index in [1.54, 1.807) is 11.0 Å². The van der Waals surface area contributed by atoms with Crippen LogP contribution in [-0.4, -0.2) is 70.0 Å². The number of anilines is 1. The van der Waals surface area contributed by atoms with Gasteiger partial charge in [0, 0.05) is 43.7 Å². The predicted octanol–water partition coefficient (Wildman–Crippen LogP) is 3.21. The fourth-order valence-corrected chi connectivity index (χ4v) is 4.57. The number of carbonyl (C=O) groups excluding carboxylic acids is 1. The lowest BCUT2D eigenvalue weighted by Crippen LogP contribution is -2.54. The number of hydrogen-bond acceptors (Lipinski definition) is 7. The van der Waals surface area contributed by atoms with Crippen LogP contribution in [0.3, 0.4) is 0 Å². The molecule has 11 heteroatoms. The van der Waals surface area contributed by atoms with Gasteiger partial charge in [-0.25, -0.2) is 9.18 Å². The highest BCUT2D eigenvalue weighted by molar-refractivity contribution is 6.33. The Kier molecular flexibility index (Phi) is 8.89. The molecular weight excluding hydrogens is 491 g/mol. The second-order valence-corrected chi connectivity index (χ2v) is 8.40. The number of rotatable bonds is 5. The smallest absolute Gasteiger partial charge is 0.350 e. The quantitative estimate of drug-likeness (QED) is 0.355. The van der Waals surface area contributed by atoms with Gasteiger partial charge < -0.3 is 24.7 Å². The monoisotopic (exact) mass is 518 g/mol. The van der Waals surface area contributed by atoms with E-state index in [9.17, 15) is 19.1 Å². The van der Waals surface area contributed by atoms with E-state index in [2.05, 4.69) is 11.6 Å². The van der Waals surface area contributed by atoms with Gasteiger partial charge in [-0.3, -0.25) is 9.36 Å². The van der Waals surface area contributed by atoms with Gasteiger partial charge in [0.25, 0.3) is 0 Å².